The first-order chi connectivity index (χ1) is 18.6. The summed E-state index contributed by atoms with van der Waals surface area (Å²) >= 11 is 0. The van der Waals surface area contributed by atoms with E-state index in [0.29, 0.717) is 0 Å². The van der Waals surface area contributed by atoms with Crippen molar-refractivity contribution in [2.24, 2.45) is 0 Å². The fourth-order valence-electron chi connectivity index (χ4n) is 4.75. The number of hydrogen-bond acceptors (Lipinski definition) is 8. The van der Waals surface area contributed by atoms with Crippen molar-refractivity contribution in [3.63, 3.8) is 0 Å². The lowest BCUT2D eigenvalue weighted by Crippen LogP contribution is -2.48. The van der Waals surface area contributed by atoms with Crippen molar-refractivity contribution in [1.29, 1.82) is 0 Å². The van der Waals surface area contributed by atoms with Gasteiger partial charge < -0.3 is 34.7 Å². The molecule has 0 saturated carbocycles. The second-order valence-electron chi connectivity index (χ2n) is 9.60. The van der Waals surface area contributed by atoms with Crippen LogP contribution in [0.2, 0.25) is 0 Å². The van der Waals surface area contributed by atoms with Gasteiger partial charge in [-0.15, -0.1) is 0 Å². The molecule has 4 N–H and O–H groups in total. The first-order valence-electron chi connectivity index (χ1n) is 12.2. The first kappa shape index (κ1) is 26.4. The number of piperidine rings is 1. The van der Waals surface area contributed by atoms with E-state index in [1.165, 1.54) is 23.1 Å². The Balaban J connectivity index is 1.23. The highest BCUT2D eigenvalue weighted by Crippen LogP contribution is 2.32. The number of benzene rings is 2. The number of carbonyl (C=O) groups is 2. The Bertz CT molecular complexity index is 1500. The molecule has 0 bridgehead atoms. The van der Waals surface area contributed by atoms with E-state index in [2.05, 4.69) is 4.98 Å². The highest BCUT2D eigenvalue weighted by molar-refractivity contribution is 5.93. The third-order valence-electron chi connectivity index (χ3n) is 7.01. The highest BCUT2D eigenvalue weighted by Gasteiger charge is 2.35. The molecule has 2 aliphatic heterocycles. The third kappa shape index (κ3) is 5.10. The van der Waals surface area contributed by atoms with Gasteiger partial charge in [0.15, 0.2) is 11.6 Å². The second-order valence-corrected chi connectivity index (χ2v) is 9.60. The Labute approximate surface area is 219 Å². The zero-order valence-electron chi connectivity index (χ0n) is 20.5. The van der Waals surface area contributed by atoms with Crippen LogP contribution in [0.25, 0.3) is 10.9 Å². The number of nitrogens with one attached hydrogen (secondary N) is 1. The number of carboxylic acid groups (broad SMARTS) is 1. The van der Waals surface area contributed by atoms with Gasteiger partial charge in [0.05, 0.1) is 30.0 Å². The number of aromatic carboxylic acids is 1. The van der Waals surface area contributed by atoms with Gasteiger partial charge in [0, 0.05) is 30.7 Å². The zero-order chi connectivity index (χ0) is 27.9. The van der Waals surface area contributed by atoms with Crippen LogP contribution in [-0.2, 0) is 4.74 Å². The number of pyridine rings is 1. The van der Waals surface area contributed by atoms with E-state index in [4.69, 9.17) is 19.7 Å². The number of aromatic amines is 1. The molecule has 206 valence electrons. The first-order valence-corrected chi connectivity index (χ1v) is 12.2. The molecule has 3 heterocycles. The number of aliphatic hydroxyl groups excluding tert-OH is 1. The van der Waals surface area contributed by atoms with Gasteiger partial charge in [-0.3, -0.25) is 9.69 Å². The molecule has 2 aromatic carbocycles. The van der Waals surface area contributed by atoms with E-state index < -0.39 is 46.4 Å². The summed E-state index contributed by atoms with van der Waals surface area (Å²) < 4.78 is 40.1. The number of ether oxygens (including phenoxy) is 2. The number of cyclic esters (lactones) is 1. The average molecular weight is 545 g/mol. The molecule has 39 heavy (non-hydrogen) atoms. The fourth-order valence-corrected chi connectivity index (χ4v) is 4.75. The van der Waals surface area contributed by atoms with Crippen LogP contribution in [0.4, 0.5) is 25.0 Å². The predicted octanol–water partition coefficient (Wildman–Crippen LogP) is 2.23. The van der Waals surface area contributed by atoms with E-state index >= 15 is 0 Å². The lowest BCUT2D eigenvalue weighted by atomic mass is 9.92. The van der Waals surface area contributed by atoms with E-state index in [1.807, 2.05) is 0 Å². The minimum atomic E-state index is -1.41. The number of hydrogen-bond donors (Lipinski definition) is 4. The minimum absolute atomic E-state index is 0.0825. The van der Waals surface area contributed by atoms with Crippen molar-refractivity contribution in [3.8, 4) is 5.75 Å². The van der Waals surface area contributed by atoms with Gasteiger partial charge in [-0.05, 0) is 37.1 Å². The number of halogens is 2. The van der Waals surface area contributed by atoms with Crippen molar-refractivity contribution in [1.82, 2.24) is 4.98 Å². The molecule has 0 radical (unpaired) electrons. The summed E-state index contributed by atoms with van der Waals surface area (Å²) in [7, 11) is 0. The number of rotatable bonds is 7. The Morgan fingerprint density at radius 3 is 2.54 bits per heavy atom. The number of carbonyl (C=O) groups excluding carboxylic acids is 1. The van der Waals surface area contributed by atoms with Crippen LogP contribution in [0.5, 0.6) is 5.75 Å². The molecule has 1 amide bonds. The van der Waals surface area contributed by atoms with Crippen molar-refractivity contribution in [2.45, 2.75) is 24.5 Å². The Kier molecular flexibility index (Phi) is 6.87. The maximum Gasteiger partial charge on any atom is 0.414 e. The number of fused-ring (bicyclic) bond motifs is 1. The number of aromatic nitrogens is 1. The number of anilines is 2. The molecular weight excluding hydrogens is 520 g/mol. The maximum absolute atomic E-state index is 14.9. The summed E-state index contributed by atoms with van der Waals surface area (Å²) in [5.41, 5.74) is -1.88. The number of aliphatic hydroxyl groups is 2. The van der Waals surface area contributed by atoms with Crippen LogP contribution < -0.4 is 20.0 Å². The summed E-state index contributed by atoms with van der Waals surface area (Å²) in [6.45, 7) is 0.000486. The third-order valence-corrected chi connectivity index (χ3v) is 7.01. The molecule has 0 aliphatic carbocycles. The van der Waals surface area contributed by atoms with Crippen molar-refractivity contribution in [3.05, 3.63) is 63.9 Å². The second kappa shape index (κ2) is 10.2. The topological polar surface area (TPSA) is 153 Å². The molecule has 11 nitrogen and oxygen atoms in total. The molecule has 0 unspecified atom stereocenters. The lowest BCUT2D eigenvalue weighted by molar-refractivity contribution is -0.0250. The quantitative estimate of drug-likeness (QED) is 0.350. The van der Waals surface area contributed by atoms with E-state index in [9.17, 15) is 28.3 Å². The summed E-state index contributed by atoms with van der Waals surface area (Å²) in [5.74, 6) is -2.98. The van der Waals surface area contributed by atoms with Gasteiger partial charge in [0.1, 0.15) is 29.7 Å². The van der Waals surface area contributed by atoms with Gasteiger partial charge in [-0.1, -0.05) is 0 Å². The summed E-state index contributed by atoms with van der Waals surface area (Å²) in [4.78, 5) is 41.1. The SMILES string of the molecule is O=C(O)c1c[nH]c2cc(N3CCC(O)(COc4ccc(N5C[C@H](CO)OC5=O)cc4F)CC3)c(F)cc2c1=O. The smallest absolute Gasteiger partial charge is 0.414 e. The summed E-state index contributed by atoms with van der Waals surface area (Å²) in [6.07, 6.45) is 0.0471. The van der Waals surface area contributed by atoms with Gasteiger partial charge in [-0.25, -0.2) is 18.4 Å². The molecule has 2 saturated heterocycles. The van der Waals surface area contributed by atoms with Crippen LogP contribution in [0.3, 0.4) is 0 Å². The van der Waals surface area contributed by atoms with Gasteiger partial charge in [0.2, 0.25) is 5.43 Å². The molecular formula is C26H25F2N3O8. The predicted molar refractivity (Wildman–Crippen MR) is 134 cm³/mol. The molecule has 2 aliphatic rings. The van der Waals surface area contributed by atoms with Crippen LogP contribution in [-0.4, -0.2) is 76.9 Å². The highest BCUT2D eigenvalue weighted by atomic mass is 19.1. The molecule has 5 rings (SSSR count). The van der Waals surface area contributed by atoms with Crippen LogP contribution in [0, 0.1) is 11.6 Å². The van der Waals surface area contributed by atoms with Crippen LogP contribution in [0.15, 0.2) is 41.3 Å². The van der Waals surface area contributed by atoms with E-state index in [0.717, 1.165) is 18.3 Å². The normalized spacial score (nSPS) is 18.9. The fraction of sp³-hybridized carbons (Fsp3) is 0.346. The summed E-state index contributed by atoms with van der Waals surface area (Å²) in [5, 5.41) is 29.2. The molecule has 0 spiro atoms. The van der Waals surface area contributed by atoms with E-state index in [1.54, 1.807) is 4.90 Å². The lowest BCUT2D eigenvalue weighted by Gasteiger charge is -2.39. The Hall–Kier alpha value is -4.23. The van der Waals surface area contributed by atoms with Crippen molar-refractivity contribution < 1.29 is 43.2 Å². The number of nitrogens with zero attached hydrogens (tertiary/aromatic N) is 2. The van der Waals surface area contributed by atoms with Crippen molar-refractivity contribution >= 4 is 34.3 Å². The van der Waals surface area contributed by atoms with Crippen LogP contribution >= 0.6 is 0 Å². The molecule has 1 aromatic heterocycles. The molecule has 1 atom stereocenters. The van der Waals surface area contributed by atoms with Crippen LogP contribution in [0.1, 0.15) is 23.2 Å². The molecule has 2 fully saturated rings. The number of H-pyrrole nitrogens is 1. The molecule has 3 aromatic rings. The Morgan fingerprint density at radius 2 is 1.90 bits per heavy atom. The largest absolute Gasteiger partial charge is 0.488 e. The number of carboxylic acids is 1. The molecule has 13 heteroatoms. The number of amides is 1. The Morgan fingerprint density at radius 1 is 1.15 bits per heavy atom. The van der Waals surface area contributed by atoms with Gasteiger partial charge >= 0.3 is 12.1 Å². The minimum Gasteiger partial charge on any atom is -0.488 e. The van der Waals surface area contributed by atoms with Gasteiger partial charge in [-0.2, -0.15) is 0 Å². The monoisotopic (exact) mass is 545 g/mol. The van der Waals surface area contributed by atoms with Gasteiger partial charge in [0.25, 0.3) is 0 Å². The zero-order valence-corrected chi connectivity index (χ0v) is 20.5. The average Bonchev–Trinajstić information content (AvgIpc) is 3.29. The summed E-state index contributed by atoms with van der Waals surface area (Å²) in [6, 6.07) is 6.34. The van der Waals surface area contributed by atoms with E-state index in [-0.39, 0.29) is 73.7 Å². The van der Waals surface area contributed by atoms with Crippen molar-refractivity contribution in [2.75, 3.05) is 42.6 Å². The maximum atomic E-state index is 14.9. The standard InChI is InChI=1S/C26H25F2N3O8/c27-18-8-16-20(29-10-17(23(16)33)24(34)35)9-21(18)30-5-3-26(37,4-6-30)13-38-22-2-1-14(7-19(22)28)31-11-15(12-32)39-25(31)36/h1-2,7-10,15,32,37H,3-6,11-13H2,(H,29,33)(H,34,35)/t15-/m1/s1.